The number of carbonyl (C=O) groups excluding carboxylic acids is 2. The topological polar surface area (TPSA) is 84.7 Å². The molecule has 1 aliphatic rings. The Kier molecular flexibility index (Phi) is 4.35. The molecule has 6 heteroatoms. The third-order valence-electron chi connectivity index (χ3n) is 4.13. The Balaban J connectivity index is 2.20. The van der Waals surface area contributed by atoms with E-state index in [-0.39, 0.29) is 12.0 Å². The van der Waals surface area contributed by atoms with E-state index < -0.39 is 11.4 Å². The maximum Gasteiger partial charge on any atom is 0.409 e. The van der Waals surface area contributed by atoms with Crippen LogP contribution in [0.1, 0.15) is 13.3 Å². The molecule has 2 amide bonds. The van der Waals surface area contributed by atoms with Gasteiger partial charge in [0.1, 0.15) is 5.54 Å². The lowest BCUT2D eigenvalue weighted by molar-refractivity contribution is -0.125. The zero-order valence-corrected chi connectivity index (χ0v) is 12.3. The first kappa shape index (κ1) is 15.2. The van der Waals surface area contributed by atoms with Gasteiger partial charge in [0.15, 0.2) is 0 Å². The zero-order chi connectivity index (χ0) is 15.5. The van der Waals surface area contributed by atoms with Gasteiger partial charge in [-0.2, -0.15) is 0 Å². The number of nitrogens with zero attached hydrogens (tertiary/aromatic N) is 1. The third kappa shape index (κ3) is 2.94. The molecule has 2 atom stereocenters. The molecule has 3 N–H and O–H groups in total. The molecule has 2 rings (SSSR count). The molecule has 0 bridgehead atoms. The largest absolute Gasteiger partial charge is 0.453 e. The quantitative estimate of drug-likeness (QED) is 0.882. The Bertz CT molecular complexity index is 520. The molecule has 0 aliphatic carbocycles. The average molecular weight is 291 g/mol. The molecule has 114 valence electrons. The molecule has 0 unspecified atom stereocenters. The molecule has 1 heterocycles. The van der Waals surface area contributed by atoms with Crippen LogP contribution in [0.15, 0.2) is 30.3 Å². The number of nitrogens with one attached hydrogen (secondary N) is 1. The lowest BCUT2D eigenvalue weighted by Crippen LogP contribution is -2.62. The van der Waals surface area contributed by atoms with Gasteiger partial charge in [-0.1, -0.05) is 25.1 Å². The van der Waals surface area contributed by atoms with E-state index in [0.29, 0.717) is 19.5 Å². The van der Waals surface area contributed by atoms with E-state index in [2.05, 4.69) is 5.32 Å². The molecule has 1 saturated heterocycles. The predicted molar refractivity (Wildman–Crippen MR) is 79.7 cm³/mol. The van der Waals surface area contributed by atoms with E-state index in [0.717, 1.165) is 5.69 Å². The standard InChI is InChI=1S/C15H21N3O3/c1-11-10-18(14(20)21-2)9-8-15(11,13(16)19)17-12-6-4-3-5-7-12/h3-7,11,17H,8-10H2,1-2H3,(H2,16,19)/t11-,15-/m1/s1. The van der Waals surface area contributed by atoms with Crippen molar-refractivity contribution in [3.8, 4) is 0 Å². The predicted octanol–water partition coefficient (Wildman–Crippen LogP) is 1.43. The summed E-state index contributed by atoms with van der Waals surface area (Å²) >= 11 is 0. The molecule has 1 fully saturated rings. The third-order valence-corrected chi connectivity index (χ3v) is 4.13. The summed E-state index contributed by atoms with van der Waals surface area (Å²) < 4.78 is 4.74. The van der Waals surface area contributed by atoms with Crippen molar-refractivity contribution in [1.29, 1.82) is 0 Å². The number of anilines is 1. The Hall–Kier alpha value is -2.24. The maximum atomic E-state index is 12.1. The first-order valence-corrected chi connectivity index (χ1v) is 6.95. The summed E-state index contributed by atoms with van der Waals surface area (Å²) in [6.45, 7) is 2.77. The molecular formula is C15H21N3O3. The first-order chi connectivity index (χ1) is 9.99. The zero-order valence-electron chi connectivity index (χ0n) is 12.3. The van der Waals surface area contributed by atoms with Gasteiger partial charge < -0.3 is 20.7 Å². The van der Waals surface area contributed by atoms with E-state index in [9.17, 15) is 9.59 Å². The summed E-state index contributed by atoms with van der Waals surface area (Å²) in [4.78, 5) is 25.3. The van der Waals surface area contributed by atoms with Crippen LogP contribution in [0.25, 0.3) is 0 Å². The highest BCUT2D eigenvalue weighted by Gasteiger charge is 2.46. The number of carbonyl (C=O) groups is 2. The fraction of sp³-hybridized carbons (Fsp3) is 0.467. The van der Waals surface area contributed by atoms with Crippen molar-refractivity contribution in [2.45, 2.75) is 18.9 Å². The summed E-state index contributed by atoms with van der Waals surface area (Å²) in [5.74, 6) is -0.522. The number of nitrogens with two attached hydrogens (primary N) is 1. The number of likely N-dealkylation sites (tertiary alicyclic amines) is 1. The summed E-state index contributed by atoms with van der Waals surface area (Å²) in [7, 11) is 1.35. The fourth-order valence-corrected chi connectivity index (χ4v) is 2.82. The lowest BCUT2D eigenvalue weighted by atomic mass is 9.78. The van der Waals surface area contributed by atoms with E-state index in [1.807, 2.05) is 37.3 Å². The second-order valence-corrected chi connectivity index (χ2v) is 5.39. The van der Waals surface area contributed by atoms with Crippen LogP contribution in [0.2, 0.25) is 0 Å². The van der Waals surface area contributed by atoms with Gasteiger partial charge in [-0.3, -0.25) is 4.79 Å². The number of para-hydroxylation sites is 1. The molecule has 0 spiro atoms. The molecular weight excluding hydrogens is 270 g/mol. The van der Waals surface area contributed by atoms with Gasteiger partial charge in [0.2, 0.25) is 5.91 Å². The van der Waals surface area contributed by atoms with E-state index in [1.165, 1.54) is 7.11 Å². The van der Waals surface area contributed by atoms with Gasteiger partial charge in [-0.15, -0.1) is 0 Å². The van der Waals surface area contributed by atoms with Crippen molar-refractivity contribution in [3.63, 3.8) is 0 Å². The van der Waals surface area contributed by atoms with Crippen LogP contribution >= 0.6 is 0 Å². The van der Waals surface area contributed by atoms with Crippen molar-refractivity contribution < 1.29 is 14.3 Å². The number of hydrogen-bond acceptors (Lipinski definition) is 4. The Morgan fingerprint density at radius 1 is 1.38 bits per heavy atom. The molecule has 1 aliphatic heterocycles. The Morgan fingerprint density at radius 2 is 2.05 bits per heavy atom. The molecule has 1 aromatic carbocycles. The Morgan fingerprint density at radius 3 is 2.57 bits per heavy atom. The summed E-state index contributed by atoms with van der Waals surface area (Å²) in [5.41, 5.74) is 5.65. The number of benzene rings is 1. The molecule has 0 radical (unpaired) electrons. The van der Waals surface area contributed by atoms with Gasteiger partial charge >= 0.3 is 6.09 Å². The highest BCUT2D eigenvalue weighted by molar-refractivity contribution is 5.89. The van der Waals surface area contributed by atoms with Gasteiger partial charge in [0.05, 0.1) is 7.11 Å². The molecule has 0 saturated carbocycles. The van der Waals surface area contributed by atoms with Crippen LogP contribution in [-0.4, -0.2) is 42.6 Å². The number of rotatable bonds is 3. The normalized spacial score (nSPS) is 25.2. The monoisotopic (exact) mass is 291 g/mol. The summed E-state index contributed by atoms with van der Waals surface area (Å²) in [5, 5.41) is 3.27. The minimum Gasteiger partial charge on any atom is -0.453 e. The molecule has 6 nitrogen and oxygen atoms in total. The summed E-state index contributed by atoms with van der Waals surface area (Å²) in [6, 6.07) is 9.48. The molecule has 21 heavy (non-hydrogen) atoms. The van der Waals surface area contributed by atoms with Crippen molar-refractivity contribution in [3.05, 3.63) is 30.3 Å². The van der Waals surface area contributed by atoms with Crippen LogP contribution in [0.4, 0.5) is 10.5 Å². The highest BCUT2D eigenvalue weighted by Crippen LogP contribution is 2.32. The number of piperidine rings is 1. The number of methoxy groups -OCH3 is 1. The number of amides is 2. The van der Waals surface area contributed by atoms with E-state index in [1.54, 1.807) is 4.90 Å². The van der Waals surface area contributed by atoms with Crippen molar-refractivity contribution >= 4 is 17.7 Å². The number of primary amides is 1. The summed E-state index contributed by atoms with van der Waals surface area (Å²) in [6.07, 6.45) is 0.0765. The van der Waals surface area contributed by atoms with Gasteiger partial charge in [-0.25, -0.2) is 4.79 Å². The van der Waals surface area contributed by atoms with Crippen LogP contribution < -0.4 is 11.1 Å². The van der Waals surface area contributed by atoms with Crippen molar-refractivity contribution in [2.75, 3.05) is 25.5 Å². The minimum absolute atomic E-state index is 0.122. The molecule has 1 aromatic rings. The smallest absolute Gasteiger partial charge is 0.409 e. The van der Waals surface area contributed by atoms with Crippen LogP contribution in [0.5, 0.6) is 0 Å². The van der Waals surface area contributed by atoms with Crippen LogP contribution in [-0.2, 0) is 9.53 Å². The lowest BCUT2D eigenvalue weighted by Gasteiger charge is -2.45. The first-order valence-electron chi connectivity index (χ1n) is 6.95. The highest BCUT2D eigenvalue weighted by atomic mass is 16.5. The van der Waals surface area contributed by atoms with E-state index in [4.69, 9.17) is 10.5 Å². The fourth-order valence-electron chi connectivity index (χ4n) is 2.82. The van der Waals surface area contributed by atoms with Crippen LogP contribution in [0, 0.1) is 5.92 Å². The van der Waals surface area contributed by atoms with E-state index >= 15 is 0 Å². The SMILES string of the molecule is COC(=O)N1CC[C@](Nc2ccccc2)(C(N)=O)[C@H](C)C1. The minimum atomic E-state index is -0.855. The van der Waals surface area contributed by atoms with Gasteiger partial charge in [-0.05, 0) is 18.6 Å². The number of hydrogen-bond donors (Lipinski definition) is 2. The van der Waals surface area contributed by atoms with Gasteiger partial charge in [0.25, 0.3) is 0 Å². The second-order valence-electron chi connectivity index (χ2n) is 5.39. The van der Waals surface area contributed by atoms with Crippen molar-refractivity contribution in [1.82, 2.24) is 4.90 Å². The maximum absolute atomic E-state index is 12.1. The average Bonchev–Trinajstić information content (AvgIpc) is 2.49. The molecule has 0 aromatic heterocycles. The van der Waals surface area contributed by atoms with Gasteiger partial charge in [0, 0.05) is 24.7 Å². The Labute approximate surface area is 124 Å². The van der Waals surface area contributed by atoms with Crippen molar-refractivity contribution in [2.24, 2.45) is 11.7 Å². The number of ether oxygens (including phenoxy) is 1. The van der Waals surface area contributed by atoms with Crippen LogP contribution in [0.3, 0.4) is 0 Å². The second kappa shape index (κ2) is 6.03.